The van der Waals surface area contributed by atoms with E-state index in [1.807, 2.05) is 25.1 Å². The summed E-state index contributed by atoms with van der Waals surface area (Å²) in [6.07, 6.45) is 0.688. The second-order valence-electron chi connectivity index (χ2n) is 6.84. The number of amides is 2. The van der Waals surface area contributed by atoms with Crippen molar-refractivity contribution >= 4 is 23.4 Å². The molecule has 0 spiro atoms. The van der Waals surface area contributed by atoms with Gasteiger partial charge in [-0.1, -0.05) is 19.1 Å². The lowest BCUT2D eigenvalue weighted by Crippen LogP contribution is -2.31. The Morgan fingerprint density at radius 2 is 1.93 bits per heavy atom. The van der Waals surface area contributed by atoms with E-state index < -0.39 is 6.09 Å². The molecule has 1 aliphatic heterocycles. The number of methoxy groups -OCH3 is 1. The normalized spacial score (nSPS) is 13.6. The summed E-state index contributed by atoms with van der Waals surface area (Å²) in [5, 5.41) is 17.1. The second-order valence-corrected chi connectivity index (χ2v) is 6.84. The van der Waals surface area contributed by atoms with Crippen molar-refractivity contribution in [3.8, 4) is 11.5 Å². The van der Waals surface area contributed by atoms with Crippen LogP contribution in [0.15, 0.2) is 47.6 Å². The zero-order chi connectivity index (χ0) is 21.5. The first-order chi connectivity index (χ1) is 14.5. The standard InChI is InChI=1S/C22H25N3O5/c1-3-12-30-20-13-16(6-10-19(20)29-2)18-9-11-21(26)25(24-18)14-15-4-7-17(8-5-15)23-22(27)28/h4-8,10,13,23H,3,9,11-12,14H2,1-2H3,(H,27,28). The zero-order valence-electron chi connectivity index (χ0n) is 17.1. The van der Waals surface area contributed by atoms with Gasteiger partial charge in [0.2, 0.25) is 5.91 Å². The highest BCUT2D eigenvalue weighted by atomic mass is 16.5. The van der Waals surface area contributed by atoms with Gasteiger partial charge in [0, 0.05) is 24.1 Å². The van der Waals surface area contributed by atoms with Gasteiger partial charge in [0.25, 0.3) is 0 Å². The summed E-state index contributed by atoms with van der Waals surface area (Å²) in [4.78, 5) is 23.1. The van der Waals surface area contributed by atoms with Gasteiger partial charge < -0.3 is 14.6 Å². The molecule has 3 rings (SSSR count). The summed E-state index contributed by atoms with van der Waals surface area (Å²) in [7, 11) is 1.60. The van der Waals surface area contributed by atoms with Crippen molar-refractivity contribution in [2.45, 2.75) is 32.7 Å². The van der Waals surface area contributed by atoms with E-state index in [0.717, 1.165) is 23.3 Å². The van der Waals surface area contributed by atoms with Gasteiger partial charge in [-0.05, 0) is 42.3 Å². The van der Waals surface area contributed by atoms with Gasteiger partial charge in [-0.2, -0.15) is 5.10 Å². The lowest BCUT2D eigenvalue weighted by molar-refractivity contribution is -0.132. The van der Waals surface area contributed by atoms with Crippen LogP contribution < -0.4 is 14.8 Å². The SMILES string of the molecule is CCCOc1cc(C2=NN(Cc3ccc(NC(=O)O)cc3)C(=O)CC2)ccc1OC. The summed E-state index contributed by atoms with van der Waals surface area (Å²) < 4.78 is 11.1. The van der Waals surface area contributed by atoms with E-state index in [-0.39, 0.29) is 5.91 Å². The van der Waals surface area contributed by atoms with Crippen molar-refractivity contribution in [2.75, 3.05) is 19.0 Å². The van der Waals surface area contributed by atoms with Gasteiger partial charge in [-0.25, -0.2) is 9.80 Å². The fraction of sp³-hybridized carbons (Fsp3) is 0.318. The Balaban J connectivity index is 1.79. The number of hydrogen-bond donors (Lipinski definition) is 2. The highest BCUT2D eigenvalue weighted by Gasteiger charge is 2.22. The molecule has 1 aliphatic rings. The molecule has 8 nitrogen and oxygen atoms in total. The predicted molar refractivity (Wildman–Crippen MR) is 113 cm³/mol. The van der Waals surface area contributed by atoms with Gasteiger partial charge in [0.05, 0.1) is 26.0 Å². The summed E-state index contributed by atoms with van der Waals surface area (Å²) in [5.74, 6) is 1.26. The van der Waals surface area contributed by atoms with Gasteiger partial charge >= 0.3 is 6.09 Å². The average molecular weight is 411 g/mol. The number of rotatable bonds is 8. The van der Waals surface area contributed by atoms with E-state index in [4.69, 9.17) is 14.6 Å². The molecule has 2 amide bonds. The van der Waals surface area contributed by atoms with Crippen LogP contribution in [-0.4, -0.2) is 41.5 Å². The molecule has 0 fully saturated rings. The molecule has 0 unspecified atom stereocenters. The van der Waals surface area contributed by atoms with Gasteiger partial charge in [-0.3, -0.25) is 10.1 Å². The number of carboxylic acid groups (broad SMARTS) is 1. The third-order valence-corrected chi connectivity index (χ3v) is 4.60. The van der Waals surface area contributed by atoms with Crippen molar-refractivity contribution in [1.82, 2.24) is 5.01 Å². The average Bonchev–Trinajstić information content (AvgIpc) is 2.74. The summed E-state index contributed by atoms with van der Waals surface area (Å²) in [6, 6.07) is 12.5. The maximum Gasteiger partial charge on any atom is 0.409 e. The Morgan fingerprint density at radius 3 is 2.60 bits per heavy atom. The molecule has 0 bridgehead atoms. The molecule has 2 aromatic rings. The minimum Gasteiger partial charge on any atom is -0.493 e. The van der Waals surface area contributed by atoms with Crippen molar-refractivity contribution in [3.63, 3.8) is 0 Å². The lowest BCUT2D eigenvalue weighted by Gasteiger charge is -2.24. The van der Waals surface area contributed by atoms with E-state index in [2.05, 4.69) is 10.4 Å². The number of hydrazone groups is 1. The predicted octanol–water partition coefficient (Wildman–Crippen LogP) is 4.10. The molecule has 2 N–H and O–H groups in total. The van der Waals surface area contributed by atoms with Crippen molar-refractivity contribution in [3.05, 3.63) is 53.6 Å². The number of nitrogens with zero attached hydrogens (tertiary/aromatic N) is 2. The van der Waals surface area contributed by atoms with Gasteiger partial charge in [0.1, 0.15) is 0 Å². The molecule has 0 radical (unpaired) electrons. The third kappa shape index (κ3) is 5.28. The Kier molecular flexibility index (Phi) is 6.90. The van der Waals surface area contributed by atoms with Crippen molar-refractivity contribution < 1.29 is 24.2 Å². The van der Waals surface area contributed by atoms with Crippen LogP contribution in [0.4, 0.5) is 10.5 Å². The molecule has 2 aromatic carbocycles. The van der Waals surface area contributed by atoms with Crippen LogP contribution in [0.2, 0.25) is 0 Å². The second kappa shape index (κ2) is 9.78. The summed E-state index contributed by atoms with van der Waals surface area (Å²) >= 11 is 0. The Hall–Kier alpha value is -3.55. The molecule has 8 heteroatoms. The monoisotopic (exact) mass is 411 g/mol. The number of benzene rings is 2. The van der Waals surface area contributed by atoms with E-state index >= 15 is 0 Å². The van der Waals surface area contributed by atoms with Gasteiger partial charge in [-0.15, -0.1) is 0 Å². The zero-order valence-corrected chi connectivity index (χ0v) is 17.1. The first kappa shape index (κ1) is 21.2. The minimum atomic E-state index is -1.12. The molecule has 158 valence electrons. The number of ether oxygens (including phenoxy) is 2. The summed E-state index contributed by atoms with van der Waals surface area (Å²) in [5.41, 5.74) is 3.02. The number of anilines is 1. The maximum atomic E-state index is 12.4. The number of nitrogens with one attached hydrogen (secondary N) is 1. The maximum absolute atomic E-state index is 12.4. The van der Waals surface area contributed by atoms with Crippen molar-refractivity contribution in [1.29, 1.82) is 0 Å². The largest absolute Gasteiger partial charge is 0.493 e. The van der Waals surface area contributed by atoms with Crippen LogP contribution >= 0.6 is 0 Å². The molecule has 0 aliphatic carbocycles. The first-order valence-electron chi connectivity index (χ1n) is 9.78. The van der Waals surface area contributed by atoms with Crippen LogP contribution in [0.3, 0.4) is 0 Å². The molecular formula is C22H25N3O5. The van der Waals surface area contributed by atoms with Crippen molar-refractivity contribution in [2.24, 2.45) is 5.10 Å². The lowest BCUT2D eigenvalue weighted by atomic mass is 10.0. The molecule has 0 saturated heterocycles. The Labute approximate surface area is 175 Å². The smallest absolute Gasteiger partial charge is 0.409 e. The number of hydrogen-bond acceptors (Lipinski definition) is 5. The topological polar surface area (TPSA) is 100 Å². The van der Waals surface area contributed by atoms with Gasteiger partial charge in [0.15, 0.2) is 11.5 Å². The fourth-order valence-electron chi connectivity index (χ4n) is 3.10. The Morgan fingerprint density at radius 1 is 1.17 bits per heavy atom. The van der Waals surface area contributed by atoms with E-state index in [9.17, 15) is 9.59 Å². The molecule has 0 atom stereocenters. The third-order valence-electron chi connectivity index (χ3n) is 4.60. The van der Waals surface area contributed by atoms with Crippen LogP contribution in [0, 0.1) is 0 Å². The molecule has 0 saturated carbocycles. The Bertz CT molecular complexity index is 940. The quantitative estimate of drug-likeness (QED) is 0.681. The van der Waals surface area contributed by atoms with Crippen LogP contribution in [-0.2, 0) is 11.3 Å². The van der Waals surface area contributed by atoms with E-state index in [0.29, 0.717) is 43.2 Å². The van der Waals surface area contributed by atoms with Crippen LogP contribution in [0.5, 0.6) is 11.5 Å². The van der Waals surface area contributed by atoms with E-state index in [1.165, 1.54) is 5.01 Å². The van der Waals surface area contributed by atoms with Crippen LogP contribution in [0.1, 0.15) is 37.3 Å². The van der Waals surface area contributed by atoms with E-state index in [1.54, 1.807) is 31.4 Å². The highest BCUT2D eigenvalue weighted by molar-refractivity contribution is 6.04. The molecule has 30 heavy (non-hydrogen) atoms. The minimum absolute atomic E-state index is 0.0533. The first-order valence-corrected chi connectivity index (χ1v) is 9.78. The summed E-state index contributed by atoms with van der Waals surface area (Å²) in [6.45, 7) is 2.93. The molecule has 1 heterocycles. The molecule has 0 aromatic heterocycles. The molecular weight excluding hydrogens is 386 g/mol. The number of carbonyl (C=O) groups is 2. The highest BCUT2D eigenvalue weighted by Crippen LogP contribution is 2.30. The fourth-order valence-corrected chi connectivity index (χ4v) is 3.10. The van der Waals surface area contributed by atoms with Crippen LogP contribution in [0.25, 0.3) is 0 Å². The number of carbonyl (C=O) groups excluding carboxylic acids is 1.